The highest BCUT2D eigenvalue weighted by atomic mass is 19.1. The number of rotatable bonds is 9. The van der Waals surface area contributed by atoms with E-state index in [0.717, 1.165) is 12.1 Å². The number of benzene rings is 1. The van der Waals surface area contributed by atoms with Gasteiger partial charge in [-0.25, -0.2) is 13.6 Å². The molecule has 4 saturated heterocycles. The third-order valence-electron chi connectivity index (χ3n) is 10.5. The van der Waals surface area contributed by atoms with E-state index < -0.39 is 95.9 Å². The fraction of sp³-hybridized carbons (Fsp3) is 0.564. The van der Waals surface area contributed by atoms with Crippen LogP contribution in [0.15, 0.2) is 43.0 Å². The number of halogens is 2. The summed E-state index contributed by atoms with van der Waals surface area (Å²) < 4.78 is 34.0. The van der Waals surface area contributed by atoms with Gasteiger partial charge in [0.25, 0.3) is 0 Å². The molecule has 4 heterocycles. The van der Waals surface area contributed by atoms with Crippen LogP contribution in [0.1, 0.15) is 70.8 Å². The van der Waals surface area contributed by atoms with Crippen molar-refractivity contribution < 1.29 is 47.1 Å². The van der Waals surface area contributed by atoms with Gasteiger partial charge in [-0.1, -0.05) is 19.1 Å². The Labute approximate surface area is 319 Å². The first-order chi connectivity index (χ1) is 26.3. The Morgan fingerprint density at radius 3 is 2.33 bits per heavy atom. The van der Waals surface area contributed by atoms with Crippen molar-refractivity contribution in [2.75, 3.05) is 26.2 Å². The molecular formula is C39H50F2N6O8. The molecular weight excluding hydrogens is 718 g/mol. The Bertz CT molecular complexity index is 1690. The van der Waals surface area contributed by atoms with E-state index in [4.69, 9.17) is 4.74 Å². The summed E-state index contributed by atoms with van der Waals surface area (Å²) in [7, 11) is 0. The van der Waals surface area contributed by atoms with Crippen molar-refractivity contribution in [2.24, 2.45) is 5.92 Å². The summed E-state index contributed by atoms with van der Waals surface area (Å²) in [6, 6.07) is -4.22. The van der Waals surface area contributed by atoms with Gasteiger partial charge < -0.3 is 35.4 Å². The van der Waals surface area contributed by atoms with Gasteiger partial charge in [0.05, 0.1) is 0 Å². The van der Waals surface area contributed by atoms with Crippen LogP contribution in [0.25, 0.3) is 0 Å². The first-order valence-corrected chi connectivity index (χ1v) is 19.0. The summed E-state index contributed by atoms with van der Waals surface area (Å²) in [6.07, 6.45) is 7.81. The fourth-order valence-electron chi connectivity index (χ4n) is 7.79. The minimum Gasteiger partial charge on any atom is -0.461 e. The molecule has 0 unspecified atom stereocenters. The minimum atomic E-state index is -1.56. The van der Waals surface area contributed by atoms with Crippen molar-refractivity contribution in [3.05, 3.63) is 60.2 Å². The Morgan fingerprint density at radius 1 is 0.909 bits per heavy atom. The van der Waals surface area contributed by atoms with Crippen molar-refractivity contribution in [1.29, 1.82) is 0 Å². The Balaban J connectivity index is 1.47. The van der Waals surface area contributed by atoms with Crippen LogP contribution >= 0.6 is 0 Å². The molecule has 5 rings (SSSR count). The van der Waals surface area contributed by atoms with Gasteiger partial charge in [0, 0.05) is 32.1 Å². The third-order valence-corrected chi connectivity index (χ3v) is 10.5. The van der Waals surface area contributed by atoms with E-state index in [2.05, 4.69) is 22.5 Å². The summed E-state index contributed by atoms with van der Waals surface area (Å²) in [5.41, 5.74) is 0.0454. The fourth-order valence-corrected chi connectivity index (χ4v) is 7.79. The molecule has 4 aliphatic heterocycles. The molecule has 14 nitrogen and oxygen atoms in total. The highest BCUT2D eigenvalue weighted by Gasteiger charge is 2.46. The second kappa shape index (κ2) is 18.5. The van der Waals surface area contributed by atoms with E-state index >= 15 is 0 Å². The van der Waals surface area contributed by atoms with Crippen LogP contribution in [0, 0.1) is 17.6 Å². The number of fused-ring (bicyclic) bond motifs is 3. The summed E-state index contributed by atoms with van der Waals surface area (Å²) in [5.74, 6) is -6.52. The van der Waals surface area contributed by atoms with Crippen LogP contribution in [0.5, 0.6) is 0 Å². The molecule has 0 saturated carbocycles. The van der Waals surface area contributed by atoms with E-state index in [1.54, 1.807) is 12.2 Å². The van der Waals surface area contributed by atoms with Crippen LogP contribution in [0.2, 0.25) is 0 Å². The van der Waals surface area contributed by atoms with Crippen LogP contribution in [0.3, 0.4) is 0 Å². The molecule has 0 aromatic heterocycles. The number of ether oxygens (including phenoxy) is 1. The maximum absolute atomic E-state index is 14.4. The molecule has 0 radical (unpaired) electrons. The Hall–Kier alpha value is -5.15. The summed E-state index contributed by atoms with van der Waals surface area (Å²) in [6.45, 7) is 6.96. The number of carbonyl (C=O) groups excluding carboxylic acids is 7. The maximum atomic E-state index is 14.4. The number of hydrogen-bond donors (Lipinski definition) is 3. The van der Waals surface area contributed by atoms with Crippen LogP contribution < -0.4 is 16.0 Å². The first kappa shape index (κ1) is 41.0. The number of nitrogens with one attached hydrogen (secondary N) is 3. The summed E-state index contributed by atoms with van der Waals surface area (Å²) >= 11 is 0. The number of piperidine rings is 1. The average Bonchev–Trinajstić information content (AvgIpc) is 3.80. The lowest BCUT2D eigenvalue weighted by Crippen LogP contribution is -2.62. The molecule has 1 aromatic carbocycles. The SMILES string of the molecule is C=CCCC=CC(=O)N[C@@H](Cc1cc(F)cc(F)c1)C(=O)N[C@H]1COC(=O)[C@@H]2C[C@@H](C)CN2C(=O)[C@H](C)NC(=O)[C@@H]2CCCCN2C(=O)[C@@H]2CCCN2C1=O. The molecule has 1 aromatic rings. The van der Waals surface area contributed by atoms with Gasteiger partial charge in [-0.3, -0.25) is 28.8 Å². The van der Waals surface area contributed by atoms with Gasteiger partial charge in [0.1, 0.15) is 54.5 Å². The highest BCUT2D eigenvalue weighted by molar-refractivity contribution is 5.98. The molecule has 6 amide bonds. The van der Waals surface area contributed by atoms with E-state index in [-0.39, 0.29) is 50.4 Å². The van der Waals surface area contributed by atoms with Crippen molar-refractivity contribution in [3.63, 3.8) is 0 Å². The smallest absolute Gasteiger partial charge is 0.328 e. The first-order valence-electron chi connectivity index (χ1n) is 19.0. The topological polar surface area (TPSA) is 175 Å². The molecule has 0 bridgehead atoms. The zero-order chi connectivity index (χ0) is 39.8. The predicted molar refractivity (Wildman–Crippen MR) is 194 cm³/mol. The standard InChI is InChI=1S/C39H50F2N6O8/c1-4-5-6-7-13-33(48)43-28(19-25-17-26(40)20-27(41)18-25)34(49)44-29-22-55-39(54)32-16-23(2)21-47(32)36(51)24(3)42-35(50)30-11-8-9-14-45(30)38(53)31-12-10-15-46(31)37(29)52/h4,7,13,17-18,20,23-24,28-32H,1,5-6,8-12,14-16,19,21-22H2,2-3H3,(H,42,50)(H,43,48)(H,44,49)/t23-,24+,28+,29+,30+,31+,32+/m1/s1. The van der Waals surface area contributed by atoms with E-state index in [1.165, 1.54) is 27.7 Å². The Morgan fingerprint density at radius 2 is 1.60 bits per heavy atom. The number of carbonyl (C=O) groups is 7. The molecule has 7 atom stereocenters. The molecule has 3 N–H and O–H groups in total. The second-order valence-corrected chi connectivity index (χ2v) is 14.8. The number of esters is 1. The Kier molecular flexibility index (Phi) is 13.8. The predicted octanol–water partition coefficient (Wildman–Crippen LogP) is 1.67. The summed E-state index contributed by atoms with van der Waals surface area (Å²) in [5, 5.41) is 7.87. The number of nitrogens with zero attached hydrogens (tertiary/aromatic N) is 3. The molecule has 16 heteroatoms. The number of cyclic esters (lactones) is 1. The highest BCUT2D eigenvalue weighted by Crippen LogP contribution is 2.28. The summed E-state index contributed by atoms with van der Waals surface area (Å²) in [4.78, 5) is 101. The zero-order valence-electron chi connectivity index (χ0n) is 31.3. The van der Waals surface area contributed by atoms with Gasteiger partial charge in [0.15, 0.2) is 0 Å². The van der Waals surface area contributed by atoms with Gasteiger partial charge in [0.2, 0.25) is 35.4 Å². The number of hydrogen-bond acceptors (Lipinski definition) is 8. The normalized spacial score (nSPS) is 27.2. The largest absolute Gasteiger partial charge is 0.461 e. The zero-order valence-corrected chi connectivity index (χ0v) is 31.3. The monoisotopic (exact) mass is 768 g/mol. The van der Waals surface area contributed by atoms with E-state index in [0.29, 0.717) is 44.6 Å². The van der Waals surface area contributed by atoms with Crippen LogP contribution in [-0.2, 0) is 44.7 Å². The van der Waals surface area contributed by atoms with Gasteiger partial charge in [-0.2, -0.15) is 0 Å². The van der Waals surface area contributed by atoms with Gasteiger partial charge >= 0.3 is 5.97 Å². The molecule has 0 spiro atoms. The number of unbranched alkanes of at least 4 members (excludes halogenated alkanes) is 1. The van der Waals surface area contributed by atoms with Crippen molar-refractivity contribution in [2.45, 2.75) is 108 Å². The van der Waals surface area contributed by atoms with Gasteiger partial charge in [-0.05, 0) is 88.0 Å². The van der Waals surface area contributed by atoms with Crippen LogP contribution in [0.4, 0.5) is 8.78 Å². The number of amides is 6. The van der Waals surface area contributed by atoms with Gasteiger partial charge in [-0.15, -0.1) is 6.58 Å². The molecule has 55 heavy (non-hydrogen) atoms. The lowest BCUT2D eigenvalue weighted by Gasteiger charge is -2.39. The average molecular weight is 769 g/mol. The molecule has 298 valence electrons. The van der Waals surface area contributed by atoms with E-state index in [9.17, 15) is 42.3 Å². The molecule has 4 aliphatic rings. The second-order valence-electron chi connectivity index (χ2n) is 14.8. The van der Waals surface area contributed by atoms with E-state index in [1.807, 2.05) is 6.92 Å². The van der Waals surface area contributed by atoms with Crippen molar-refractivity contribution in [3.8, 4) is 0 Å². The minimum absolute atomic E-state index is 0.0454. The lowest BCUT2D eigenvalue weighted by atomic mass is 9.99. The molecule has 4 fully saturated rings. The molecule has 0 aliphatic carbocycles. The van der Waals surface area contributed by atoms with Crippen molar-refractivity contribution >= 4 is 41.4 Å². The quantitative estimate of drug-likeness (QED) is 0.147. The third kappa shape index (κ3) is 10.1. The number of allylic oxidation sites excluding steroid dienone is 2. The lowest BCUT2D eigenvalue weighted by molar-refractivity contribution is -0.158. The van der Waals surface area contributed by atoms with Crippen molar-refractivity contribution in [1.82, 2.24) is 30.7 Å². The van der Waals surface area contributed by atoms with Crippen LogP contribution in [-0.4, -0.2) is 119 Å². The maximum Gasteiger partial charge on any atom is 0.328 e.